The average molecular weight is 262 g/mol. The van der Waals surface area contributed by atoms with Gasteiger partial charge in [0.15, 0.2) is 0 Å². The minimum Gasteiger partial charge on any atom is -0.370 e. The van der Waals surface area contributed by atoms with Gasteiger partial charge in [0.1, 0.15) is 11.6 Å². The van der Waals surface area contributed by atoms with Gasteiger partial charge in [-0.3, -0.25) is 0 Å². The molecule has 0 aliphatic carbocycles. The fourth-order valence-electron chi connectivity index (χ4n) is 1.24. The van der Waals surface area contributed by atoms with Crippen LogP contribution < -0.4 is 10.6 Å². The number of alkyl halides is 3. The monoisotopic (exact) mass is 262 g/mol. The lowest BCUT2D eigenvalue weighted by Crippen LogP contribution is -2.16. The summed E-state index contributed by atoms with van der Waals surface area (Å²) in [5.74, 6) is -0.461. The third-order valence-electron chi connectivity index (χ3n) is 2.03. The van der Waals surface area contributed by atoms with E-state index in [-0.39, 0.29) is 11.6 Å². The van der Waals surface area contributed by atoms with Crippen LogP contribution in [0, 0.1) is 5.92 Å². The first kappa shape index (κ1) is 14.5. The standard InChI is InChI=1S/C11H17F3N4/c1-4-15-8-5-9(16-6-7(2)3)18-10(17-8)11(12,13)14/h5,7H,4,6H2,1-3H3,(H2,15,16,17,18). The van der Waals surface area contributed by atoms with Gasteiger partial charge in [0, 0.05) is 19.2 Å². The number of hydrogen-bond donors (Lipinski definition) is 2. The number of nitrogens with zero attached hydrogens (tertiary/aromatic N) is 2. The Morgan fingerprint density at radius 2 is 1.72 bits per heavy atom. The summed E-state index contributed by atoms with van der Waals surface area (Å²) in [6.45, 7) is 6.77. The fourth-order valence-corrected chi connectivity index (χ4v) is 1.24. The molecule has 1 rings (SSSR count). The highest BCUT2D eigenvalue weighted by Gasteiger charge is 2.35. The lowest BCUT2D eigenvalue weighted by atomic mass is 10.2. The Hall–Kier alpha value is -1.53. The van der Waals surface area contributed by atoms with Crippen molar-refractivity contribution in [1.82, 2.24) is 9.97 Å². The predicted octanol–water partition coefficient (Wildman–Crippen LogP) is 3.00. The van der Waals surface area contributed by atoms with Gasteiger partial charge in [-0.15, -0.1) is 0 Å². The normalized spacial score (nSPS) is 11.7. The zero-order valence-corrected chi connectivity index (χ0v) is 10.6. The molecule has 0 spiro atoms. The smallest absolute Gasteiger partial charge is 0.370 e. The second-order valence-electron chi connectivity index (χ2n) is 4.26. The van der Waals surface area contributed by atoms with Crippen LogP contribution in [0.25, 0.3) is 0 Å². The number of rotatable bonds is 5. The first-order valence-electron chi connectivity index (χ1n) is 5.77. The molecule has 0 bridgehead atoms. The topological polar surface area (TPSA) is 49.8 Å². The van der Waals surface area contributed by atoms with E-state index >= 15 is 0 Å². The van der Waals surface area contributed by atoms with Gasteiger partial charge in [0.05, 0.1) is 0 Å². The number of halogens is 3. The molecule has 0 unspecified atom stereocenters. The molecule has 0 aromatic carbocycles. The average Bonchev–Trinajstić information content (AvgIpc) is 2.25. The molecule has 4 nitrogen and oxygen atoms in total. The third kappa shape index (κ3) is 4.38. The van der Waals surface area contributed by atoms with Gasteiger partial charge in [-0.05, 0) is 12.8 Å². The van der Waals surface area contributed by atoms with Crippen molar-refractivity contribution in [3.63, 3.8) is 0 Å². The molecule has 1 heterocycles. The maximum absolute atomic E-state index is 12.6. The number of aromatic nitrogens is 2. The summed E-state index contributed by atoms with van der Waals surface area (Å²) < 4.78 is 37.8. The fraction of sp³-hybridized carbons (Fsp3) is 0.636. The van der Waals surface area contributed by atoms with E-state index in [0.29, 0.717) is 19.0 Å². The van der Waals surface area contributed by atoms with Gasteiger partial charge < -0.3 is 10.6 Å². The Morgan fingerprint density at radius 3 is 2.17 bits per heavy atom. The number of hydrogen-bond acceptors (Lipinski definition) is 4. The minimum absolute atomic E-state index is 0.172. The molecule has 7 heteroatoms. The van der Waals surface area contributed by atoms with E-state index in [4.69, 9.17) is 0 Å². The van der Waals surface area contributed by atoms with E-state index in [1.54, 1.807) is 6.92 Å². The van der Waals surface area contributed by atoms with Gasteiger partial charge in [0.25, 0.3) is 0 Å². The summed E-state index contributed by atoms with van der Waals surface area (Å²) in [4.78, 5) is 6.91. The number of anilines is 2. The first-order chi connectivity index (χ1) is 8.32. The summed E-state index contributed by atoms with van der Waals surface area (Å²) in [6.07, 6.45) is -4.54. The summed E-state index contributed by atoms with van der Waals surface area (Å²) in [5, 5.41) is 5.62. The lowest BCUT2D eigenvalue weighted by Gasteiger charge is -2.13. The molecule has 1 aromatic heterocycles. The van der Waals surface area contributed by atoms with Crippen molar-refractivity contribution < 1.29 is 13.2 Å². The Kier molecular flexibility index (Phi) is 4.75. The first-order valence-corrected chi connectivity index (χ1v) is 5.77. The highest BCUT2D eigenvalue weighted by Crippen LogP contribution is 2.28. The van der Waals surface area contributed by atoms with Gasteiger partial charge >= 0.3 is 6.18 Å². The van der Waals surface area contributed by atoms with Crippen molar-refractivity contribution in [2.24, 2.45) is 5.92 Å². The van der Waals surface area contributed by atoms with Crippen LogP contribution in [0.4, 0.5) is 24.8 Å². The molecule has 0 amide bonds. The van der Waals surface area contributed by atoms with E-state index in [0.717, 1.165) is 0 Å². The van der Waals surface area contributed by atoms with E-state index < -0.39 is 12.0 Å². The molecule has 0 saturated heterocycles. The molecule has 0 saturated carbocycles. The van der Waals surface area contributed by atoms with Gasteiger partial charge in [-0.2, -0.15) is 13.2 Å². The van der Waals surface area contributed by atoms with E-state index in [9.17, 15) is 13.2 Å². The molecule has 0 fully saturated rings. The maximum atomic E-state index is 12.6. The molecular formula is C11H17F3N4. The molecule has 0 aliphatic rings. The summed E-state index contributed by atoms with van der Waals surface area (Å²) in [7, 11) is 0. The SMILES string of the molecule is CCNc1cc(NCC(C)C)nc(C(F)(F)F)n1. The molecule has 0 radical (unpaired) electrons. The van der Waals surface area contributed by atoms with Crippen LogP contribution in [0.5, 0.6) is 0 Å². The van der Waals surface area contributed by atoms with Crippen LogP contribution in [-0.2, 0) is 6.18 Å². The molecule has 1 aromatic rings. The van der Waals surface area contributed by atoms with Crippen LogP contribution in [0.1, 0.15) is 26.6 Å². The molecule has 2 N–H and O–H groups in total. The number of nitrogens with one attached hydrogen (secondary N) is 2. The van der Waals surface area contributed by atoms with Crippen molar-refractivity contribution >= 4 is 11.6 Å². The van der Waals surface area contributed by atoms with E-state index in [1.165, 1.54) is 6.07 Å². The Balaban J connectivity index is 2.98. The lowest BCUT2D eigenvalue weighted by molar-refractivity contribution is -0.144. The quantitative estimate of drug-likeness (QED) is 0.856. The Morgan fingerprint density at radius 1 is 1.17 bits per heavy atom. The predicted molar refractivity (Wildman–Crippen MR) is 64.5 cm³/mol. The maximum Gasteiger partial charge on any atom is 0.451 e. The van der Waals surface area contributed by atoms with Crippen LogP contribution in [0.2, 0.25) is 0 Å². The second-order valence-corrected chi connectivity index (χ2v) is 4.26. The van der Waals surface area contributed by atoms with Crippen LogP contribution in [-0.4, -0.2) is 23.1 Å². The van der Waals surface area contributed by atoms with Crippen molar-refractivity contribution in [1.29, 1.82) is 0 Å². The van der Waals surface area contributed by atoms with Crippen molar-refractivity contribution in [3.05, 3.63) is 11.9 Å². The van der Waals surface area contributed by atoms with Crippen molar-refractivity contribution in [2.75, 3.05) is 23.7 Å². The van der Waals surface area contributed by atoms with Gasteiger partial charge in [-0.1, -0.05) is 13.8 Å². The van der Waals surface area contributed by atoms with E-state index in [2.05, 4.69) is 20.6 Å². The molecule has 0 atom stereocenters. The van der Waals surface area contributed by atoms with Crippen molar-refractivity contribution in [3.8, 4) is 0 Å². The van der Waals surface area contributed by atoms with Gasteiger partial charge in [-0.25, -0.2) is 9.97 Å². The van der Waals surface area contributed by atoms with E-state index in [1.807, 2.05) is 13.8 Å². The summed E-state index contributed by atoms with van der Waals surface area (Å²) in [5.41, 5.74) is 0. The second kappa shape index (κ2) is 5.88. The van der Waals surface area contributed by atoms with Crippen LogP contribution in [0.15, 0.2) is 6.07 Å². The van der Waals surface area contributed by atoms with Crippen LogP contribution in [0.3, 0.4) is 0 Å². The Labute approximate surface area is 104 Å². The minimum atomic E-state index is -4.54. The third-order valence-corrected chi connectivity index (χ3v) is 2.03. The molecule has 0 aliphatic heterocycles. The zero-order valence-electron chi connectivity index (χ0n) is 10.6. The largest absolute Gasteiger partial charge is 0.451 e. The van der Waals surface area contributed by atoms with Crippen LogP contribution >= 0.6 is 0 Å². The highest BCUT2D eigenvalue weighted by atomic mass is 19.4. The van der Waals surface area contributed by atoms with Crippen molar-refractivity contribution in [2.45, 2.75) is 26.9 Å². The molecular weight excluding hydrogens is 245 g/mol. The molecule has 18 heavy (non-hydrogen) atoms. The van der Waals surface area contributed by atoms with Gasteiger partial charge in [0.2, 0.25) is 5.82 Å². The zero-order chi connectivity index (χ0) is 13.8. The molecule has 102 valence electrons. The highest BCUT2D eigenvalue weighted by molar-refractivity contribution is 5.47. The Bertz CT molecular complexity index is 390. The summed E-state index contributed by atoms with van der Waals surface area (Å²) in [6, 6.07) is 1.47. The summed E-state index contributed by atoms with van der Waals surface area (Å²) >= 11 is 0.